The van der Waals surface area contributed by atoms with Gasteiger partial charge in [0.05, 0.1) is 4.08 Å². The third-order valence-corrected chi connectivity index (χ3v) is 6.70. The first-order valence-electron chi connectivity index (χ1n) is 5.13. The molecule has 82 valence electrons. The molecule has 0 saturated carbocycles. The Morgan fingerprint density at radius 1 is 1.64 bits per heavy atom. The molecule has 0 aromatic carbocycles. The lowest BCUT2D eigenvalue weighted by molar-refractivity contribution is 0.643. The monoisotopic (exact) mass is 248 g/mol. The van der Waals surface area contributed by atoms with Gasteiger partial charge in [-0.3, -0.25) is 0 Å². The number of hydrogen-bond acceptors (Lipinski definition) is 3. The maximum atomic E-state index is 3.73. The molecule has 2 atom stereocenters. The Morgan fingerprint density at radius 3 is 2.93 bits per heavy atom. The average molecular weight is 248 g/mol. The second-order valence-corrected chi connectivity index (χ2v) is 8.40. The Kier molecular flexibility index (Phi) is 5.87. The molecule has 0 nitrogen and oxygen atoms in total. The van der Waals surface area contributed by atoms with Crippen molar-refractivity contribution >= 4 is 35.3 Å². The molecule has 1 fully saturated rings. The van der Waals surface area contributed by atoms with Gasteiger partial charge >= 0.3 is 0 Å². The van der Waals surface area contributed by atoms with Crippen molar-refractivity contribution in [1.29, 1.82) is 0 Å². The van der Waals surface area contributed by atoms with Crippen LogP contribution in [0.3, 0.4) is 0 Å². The van der Waals surface area contributed by atoms with Crippen LogP contribution in [0.2, 0.25) is 0 Å². The molecule has 1 heterocycles. The van der Waals surface area contributed by atoms with E-state index in [2.05, 4.69) is 44.0 Å². The lowest BCUT2D eigenvalue weighted by atomic mass is 10.2. The largest absolute Gasteiger partial charge is 0.158 e. The van der Waals surface area contributed by atoms with Crippen LogP contribution in [0.4, 0.5) is 0 Å². The Hall–Kier alpha value is 0.790. The summed E-state index contributed by atoms with van der Waals surface area (Å²) >= 11 is 6.24. The molecule has 1 saturated heterocycles. The van der Waals surface area contributed by atoms with Gasteiger partial charge in [-0.15, -0.1) is 30.1 Å². The molecule has 2 unspecified atom stereocenters. The van der Waals surface area contributed by atoms with Crippen LogP contribution in [0.25, 0.3) is 0 Å². The molecule has 1 aliphatic heterocycles. The second kappa shape index (κ2) is 6.39. The lowest BCUT2D eigenvalue weighted by Crippen LogP contribution is -2.03. The fourth-order valence-corrected chi connectivity index (χ4v) is 4.22. The first kappa shape index (κ1) is 12.9. The van der Waals surface area contributed by atoms with Crippen molar-refractivity contribution in [1.82, 2.24) is 0 Å². The molecule has 0 amide bonds. The molecule has 0 aromatic heterocycles. The van der Waals surface area contributed by atoms with Crippen LogP contribution < -0.4 is 0 Å². The summed E-state index contributed by atoms with van der Waals surface area (Å²) in [6, 6.07) is 0. The van der Waals surface area contributed by atoms with Crippen LogP contribution in [-0.2, 0) is 0 Å². The Labute approximate surface area is 101 Å². The topological polar surface area (TPSA) is 0 Å². The van der Waals surface area contributed by atoms with E-state index in [4.69, 9.17) is 0 Å². The summed E-state index contributed by atoms with van der Waals surface area (Å²) in [5, 5.41) is 0. The third-order valence-electron chi connectivity index (χ3n) is 2.21. The number of hydrogen-bond donors (Lipinski definition) is 0. The van der Waals surface area contributed by atoms with E-state index in [1.165, 1.54) is 23.7 Å². The minimum atomic E-state index is 0.591. The van der Waals surface area contributed by atoms with Gasteiger partial charge in [-0.05, 0) is 30.8 Å². The molecule has 1 rings (SSSR count). The van der Waals surface area contributed by atoms with Crippen LogP contribution >= 0.6 is 35.3 Å². The molecule has 0 aliphatic carbocycles. The number of thioether (sulfide) groups is 3. The zero-order chi connectivity index (χ0) is 10.4. The highest BCUT2D eigenvalue weighted by molar-refractivity contribution is 8.24. The van der Waals surface area contributed by atoms with E-state index < -0.39 is 0 Å². The SMILES string of the molecule is C=CCSCC(C)CCSC1(C)CS1. The highest BCUT2D eigenvalue weighted by Gasteiger charge is 2.38. The van der Waals surface area contributed by atoms with Gasteiger partial charge in [0.15, 0.2) is 0 Å². The van der Waals surface area contributed by atoms with Gasteiger partial charge in [0.1, 0.15) is 0 Å². The second-order valence-electron chi connectivity index (χ2n) is 3.99. The van der Waals surface area contributed by atoms with Crippen molar-refractivity contribution in [2.45, 2.75) is 24.3 Å². The molecule has 0 N–H and O–H groups in total. The van der Waals surface area contributed by atoms with Gasteiger partial charge in [0.25, 0.3) is 0 Å². The van der Waals surface area contributed by atoms with Gasteiger partial charge in [0, 0.05) is 11.5 Å². The number of rotatable bonds is 8. The van der Waals surface area contributed by atoms with E-state index in [-0.39, 0.29) is 0 Å². The zero-order valence-corrected chi connectivity index (χ0v) is 11.6. The zero-order valence-electron chi connectivity index (χ0n) is 9.12. The fourth-order valence-electron chi connectivity index (χ4n) is 1.10. The standard InChI is InChI=1S/C11H20S3/c1-4-6-12-8-10(2)5-7-13-11(3)9-14-11/h4,10H,1,5-9H2,2-3H3. The Balaban J connectivity index is 1.92. The maximum Gasteiger partial charge on any atom is 0.0674 e. The fraction of sp³-hybridized carbons (Fsp3) is 0.818. The average Bonchev–Trinajstić information content (AvgIpc) is 2.84. The van der Waals surface area contributed by atoms with Crippen LogP contribution in [0, 0.1) is 5.92 Å². The summed E-state index contributed by atoms with van der Waals surface area (Å²) in [4.78, 5) is 0. The summed E-state index contributed by atoms with van der Waals surface area (Å²) in [6.45, 7) is 8.45. The molecule has 0 aromatic rings. The third kappa shape index (κ3) is 5.62. The van der Waals surface area contributed by atoms with E-state index >= 15 is 0 Å². The highest BCUT2D eigenvalue weighted by atomic mass is 32.2. The molecule has 14 heavy (non-hydrogen) atoms. The van der Waals surface area contributed by atoms with Crippen LogP contribution in [0.15, 0.2) is 12.7 Å². The molecule has 1 aliphatic rings. The van der Waals surface area contributed by atoms with Crippen molar-refractivity contribution in [3.8, 4) is 0 Å². The summed E-state index contributed by atoms with van der Waals surface area (Å²) in [5.41, 5.74) is 0. The predicted octanol–water partition coefficient (Wildman–Crippen LogP) is 4.13. The van der Waals surface area contributed by atoms with Crippen molar-refractivity contribution in [3.05, 3.63) is 12.7 Å². The van der Waals surface area contributed by atoms with Crippen LogP contribution in [0.1, 0.15) is 20.3 Å². The summed E-state index contributed by atoms with van der Waals surface area (Å²) < 4.78 is 0.591. The molecule has 3 heteroatoms. The minimum Gasteiger partial charge on any atom is -0.158 e. The molecular weight excluding hydrogens is 228 g/mol. The van der Waals surface area contributed by atoms with Crippen LogP contribution in [0.5, 0.6) is 0 Å². The van der Waals surface area contributed by atoms with Gasteiger partial charge in [-0.25, -0.2) is 0 Å². The Morgan fingerprint density at radius 2 is 2.36 bits per heavy atom. The van der Waals surface area contributed by atoms with Crippen molar-refractivity contribution in [3.63, 3.8) is 0 Å². The smallest absolute Gasteiger partial charge is 0.0674 e. The predicted molar refractivity (Wildman–Crippen MR) is 74.6 cm³/mol. The van der Waals surface area contributed by atoms with E-state index in [0.717, 1.165) is 11.7 Å². The van der Waals surface area contributed by atoms with Crippen LogP contribution in [-0.4, -0.2) is 27.1 Å². The van der Waals surface area contributed by atoms with Crippen molar-refractivity contribution in [2.75, 3.05) is 23.0 Å². The maximum absolute atomic E-state index is 3.73. The van der Waals surface area contributed by atoms with Crippen molar-refractivity contribution in [2.24, 2.45) is 5.92 Å². The normalized spacial score (nSPS) is 27.3. The Bertz CT molecular complexity index is 175. The van der Waals surface area contributed by atoms with Gasteiger partial charge in [-0.1, -0.05) is 13.0 Å². The first-order valence-corrected chi connectivity index (χ1v) is 8.25. The molecule has 0 spiro atoms. The highest BCUT2D eigenvalue weighted by Crippen LogP contribution is 2.53. The summed E-state index contributed by atoms with van der Waals surface area (Å²) in [6.07, 6.45) is 3.36. The van der Waals surface area contributed by atoms with E-state index in [1.54, 1.807) is 0 Å². The molecule has 0 bridgehead atoms. The summed E-state index contributed by atoms with van der Waals surface area (Å²) in [5.74, 6) is 5.94. The van der Waals surface area contributed by atoms with Gasteiger partial charge in [-0.2, -0.15) is 11.8 Å². The minimum absolute atomic E-state index is 0.591. The first-order chi connectivity index (χ1) is 6.66. The van der Waals surface area contributed by atoms with Gasteiger partial charge in [0.2, 0.25) is 0 Å². The quantitative estimate of drug-likeness (QED) is 0.360. The van der Waals surface area contributed by atoms with E-state index in [9.17, 15) is 0 Å². The van der Waals surface area contributed by atoms with Crippen molar-refractivity contribution < 1.29 is 0 Å². The van der Waals surface area contributed by atoms with E-state index in [0.29, 0.717) is 4.08 Å². The van der Waals surface area contributed by atoms with E-state index in [1.807, 2.05) is 17.8 Å². The molecule has 0 radical (unpaired) electrons. The summed E-state index contributed by atoms with van der Waals surface area (Å²) in [7, 11) is 0. The molecular formula is C11H20S3. The van der Waals surface area contributed by atoms with Gasteiger partial charge < -0.3 is 0 Å². The lowest BCUT2D eigenvalue weighted by Gasteiger charge is -2.11.